The lowest BCUT2D eigenvalue weighted by Gasteiger charge is -2.29. The van der Waals surface area contributed by atoms with Crippen molar-refractivity contribution in [1.82, 2.24) is 25.1 Å². The summed E-state index contributed by atoms with van der Waals surface area (Å²) in [4.78, 5) is 62.1. The van der Waals surface area contributed by atoms with Crippen LogP contribution in [0.15, 0.2) is 36.8 Å². The first-order valence-corrected chi connectivity index (χ1v) is 17.8. The predicted molar refractivity (Wildman–Crippen MR) is 206 cm³/mol. The van der Waals surface area contributed by atoms with Crippen molar-refractivity contribution < 1.29 is 37.8 Å². The van der Waals surface area contributed by atoms with E-state index in [-0.39, 0.29) is 45.9 Å². The van der Waals surface area contributed by atoms with E-state index >= 15 is 4.39 Å². The minimum atomic E-state index is -1.02. The summed E-state index contributed by atoms with van der Waals surface area (Å²) in [5, 5.41) is 14.0. The highest BCUT2D eigenvalue weighted by atomic mass is 19.1. The molecule has 4 aromatic rings. The summed E-state index contributed by atoms with van der Waals surface area (Å²) >= 11 is 0. The number of pyridine rings is 2. The van der Waals surface area contributed by atoms with E-state index in [1.54, 1.807) is 86.1 Å². The molecule has 1 aliphatic rings. The van der Waals surface area contributed by atoms with Gasteiger partial charge >= 0.3 is 18.3 Å². The van der Waals surface area contributed by atoms with Crippen LogP contribution in [-0.4, -0.2) is 66.3 Å². The van der Waals surface area contributed by atoms with Gasteiger partial charge in [-0.3, -0.25) is 19.8 Å². The van der Waals surface area contributed by atoms with E-state index < -0.39 is 46.4 Å². The first kappa shape index (κ1) is 40.4. The second-order valence-electron chi connectivity index (χ2n) is 17.1. The average Bonchev–Trinajstić information content (AvgIpc) is 3.30. The zero-order valence-electron chi connectivity index (χ0n) is 33.4. The Balaban J connectivity index is 1.64. The quantitative estimate of drug-likeness (QED) is 0.167. The molecule has 16 heteroatoms. The predicted octanol–water partition coefficient (Wildman–Crippen LogP) is 8.16. The van der Waals surface area contributed by atoms with E-state index in [2.05, 4.69) is 31.0 Å². The van der Waals surface area contributed by atoms with Crippen molar-refractivity contribution >= 4 is 58.0 Å². The number of nitrogens with one attached hydrogen (secondary N) is 3. The third kappa shape index (κ3) is 9.85. The summed E-state index contributed by atoms with van der Waals surface area (Å²) in [5.74, 6) is -0.215. The highest BCUT2D eigenvalue weighted by molar-refractivity contribution is 6.11. The second-order valence-corrected chi connectivity index (χ2v) is 17.1. The number of benzene rings is 1. The Labute approximate surface area is 319 Å². The number of anilines is 4. The molecule has 4 amide bonds. The topological polar surface area (TPSA) is 179 Å². The first-order valence-electron chi connectivity index (χ1n) is 17.8. The van der Waals surface area contributed by atoms with Gasteiger partial charge in [-0.15, -0.1) is 0 Å². The third-order valence-corrected chi connectivity index (χ3v) is 7.97. The maximum atomic E-state index is 16.9. The summed E-state index contributed by atoms with van der Waals surface area (Å²) in [7, 11) is 0. The van der Waals surface area contributed by atoms with Gasteiger partial charge in [-0.05, 0) is 106 Å². The molecular weight excluding hydrogens is 711 g/mol. The van der Waals surface area contributed by atoms with Crippen LogP contribution in [0.25, 0.3) is 21.9 Å². The van der Waals surface area contributed by atoms with Crippen molar-refractivity contribution in [3.05, 3.63) is 53.9 Å². The Morgan fingerprint density at radius 3 is 2.09 bits per heavy atom. The van der Waals surface area contributed by atoms with Crippen LogP contribution in [0.4, 0.5) is 41.8 Å². The van der Waals surface area contributed by atoms with Gasteiger partial charge in [0.25, 0.3) is 0 Å². The molecule has 0 radical (unpaired) electrons. The lowest BCUT2D eigenvalue weighted by atomic mass is 9.97. The molecule has 0 unspecified atom stereocenters. The number of amides is 4. The van der Waals surface area contributed by atoms with Gasteiger partial charge in [-0.25, -0.2) is 23.8 Å². The van der Waals surface area contributed by atoms with Crippen molar-refractivity contribution in [2.75, 3.05) is 15.5 Å². The van der Waals surface area contributed by atoms with Crippen LogP contribution in [0, 0.1) is 12.7 Å². The largest absolute Gasteiger partial charge is 0.444 e. The highest BCUT2D eigenvalue weighted by Crippen LogP contribution is 2.39. The molecule has 3 aromatic heterocycles. The number of aromatic nitrogens is 4. The fourth-order valence-electron chi connectivity index (χ4n) is 5.94. The number of halogens is 1. The summed E-state index contributed by atoms with van der Waals surface area (Å²) in [6.07, 6.45) is 1.70. The molecule has 1 aliphatic heterocycles. The smallest absolute Gasteiger partial charge is 0.424 e. The number of fused-ring (bicyclic) bond motifs is 2. The molecule has 0 atom stereocenters. The number of hydrogen-bond acceptors (Lipinski definition) is 11. The lowest BCUT2D eigenvalue weighted by molar-refractivity contribution is -0.122. The number of imide groups is 1. The molecule has 294 valence electrons. The van der Waals surface area contributed by atoms with Crippen molar-refractivity contribution in [3.8, 4) is 11.1 Å². The molecule has 1 aromatic carbocycles. The van der Waals surface area contributed by atoms with Gasteiger partial charge in [0.05, 0.1) is 17.6 Å². The molecule has 3 N–H and O–H groups in total. The Hall–Kier alpha value is -5.80. The Kier molecular flexibility index (Phi) is 10.6. The van der Waals surface area contributed by atoms with Crippen LogP contribution in [0.2, 0.25) is 0 Å². The molecule has 0 aliphatic carbocycles. The number of nitrogens with zero attached hydrogens (tertiary/aromatic N) is 5. The molecule has 0 fully saturated rings. The third-order valence-electron chi connectivity index (χ3n) is 7.97. The minimum absolute atomic E-state index is 0.00404. The van der Waals surface area contributed by atoms with Crippen LogP contribution in [0.5, 0.6) is 0 Å². The monoisotopic (exact) mass is 760 g/mol. The van der Waals surface area contributed by atoms with Crippen LogP contribution in [0.3, 0.4) is 0 Å². The van der Waals surface area contributed by atoms with Crippen LogP contribution in [-0.2, 0) is 32.0 Å². The lowest BCUT2D eigenvalue weighted by Crippen LogP contribution is -2.44. The van der Waals surface area contributed by atoms with Crippen LogP contribution in [0.1, 0.15) is 87.4 Å². The van der Waals surface area contributed by atoms with Gasteiger partial charge in [0.2, 0.25) is 5.91 Å². The van der Waals surface area contributed by atoms with Crippen LogP contribution < -0.4 is 20.9 Å². The van der Waals surface area contributed by atoms with Gasteiger partial charge in [0.15, 0.2) is 11.6 Å². The molecule has 4 heterocycles. The van der Waals surface area contributed by atoms with E-state index in [9.17, 15) is 19.2 Å². The Morgan fingerprint density at radius 2 is 1.49 bits per heavy atom. The van der Waals surface area contributed by atoms with Gasteiger partial charge in [-0.2, -0.15) is 10.00 Å². The fourth-order valence-corrected chi connectivity index (χ4v) is 5.94. The zero-order chi connectivity index (χ0) is 40.8. The molecule has 5 rings (SSSR count). The highest BCUT2D eigenvalue weighted by Gasteiger charge is 2.35. The molecular formula is C39H49FN8O7. The number of carbonyl (C=O) groups excluding carboxylic acids is 4. The number of carbonyl (C=O) groups is 4. The van der Waals surface area contributed by atoms with E-state index in [1.165, 1.54) is 18.6 Å². The maximum Gasteiger partial charge on any atom is 0.424 e. The van der Waals surface area contributed by atoms with Crippen molar-refractivity contribution in [1.29, 1.82) is 0 Å². The fraction of sp³-hybridized carbons (Fsp3) is 0.462. The summed E-state index contributed by atoms with van der Waals surface area (Å²) in [6, 6.07) is 5.03. The Morgan fingerprint density at radius 1 is 0.873 bits per heavy atom. The van der Waals surface area contributed by atoms with Crippen molar-refractivity contribution in [3.63, 3.8) is 0 Å². The zero-order valence-corrected chi connectivity index (χ0v) is 33.4. The normalized spacial score (nSPS) is 14.3. The summed E-state index contributed by atoms with van der Waals surface area (Å²) < 4.78 is 35.1. The van der Waals surface area contributed by atoms with E-state index in [0.717, 1.165) is 10.6 Å². The van der Waals surface area contributed by atoms with Crippen molar-refractivity contribution in [2.45, 2.75) is 118 Å². The molecule has 55 heavy (non-hydrogen) atoms. The summed E-state index contributed by atoms with van der Waals surface area (Å²) in [6.45, 7) is 20.5. The molecule has 0 saturated heterocycles. The van der Waals surface area contributed by atoms with E-state index in [1.807, 2.05) is 19.9 Å². The van der Waals surface area contributed by atoms with Crippen LogP contribution >= 0.6 is 0 Å². The van der Waals surface area contributed by atoms with Gasteiger partial charge in [0, 0.05) is 52.6 Å². The molecule has 15 nitrogen and oxygen atoms in total. The van der Waals surface area contributed by atoms with E-state index in [0.29, 0.717) is 23.4 Å². The number of rotatable bonds is 5. The standard InChI is InChI=1S/C39H49FN8O7/c1-21-25(17-41-19-27(21)48(34(51)54-37(5,6)7)35(52)55-38(8,9)10)24-13-22-14-28(42-18-26(22)32(31(24)40)44-33(50)53-36(2,3)4)43-29-15-23-16-39(11,12)45-30(49)20-47(23)46-29/h13-15,17-19H,16,20H2,1-12H3,(H,44,50)(H,45,49)(H,42,43,46). The molecule has 0 saturated carbocycles. The second kappa shape index (κ2) is 14.5. The maximum absolute atomic E-state index is 16.9. The number of ether oxygens (including phenoxy) is 3. The summed E-state index contributed by atoms with van der Waals surface area (Å²) in [5.41, 5.74) is -2.20. The van der Waals surface area contributed by atoms with Crippen molar-refractivity contribution in [2.24, 2.45) is 0 Å². The van der Waals surface area contributed by atoms with E-state index in [4.69, 9.17) is 14.2 Å². The SMILES string of the molecule is Cc1c(-c2cc3cc(Nc4cc5n(n4)CC(=O)NC(C)(C)C5)ncc3c(NC(=O)OC(C)(C)C)c2F)cncc1N(C(=O)OC(C)(C)C)C(=O)OC(C)(C)C. The molecule has 0 bridgehead atoms. The van der Waals surface area contributed by atoms with Gasteiger partial charge in [-0.1, -0.05) is 0 Å². The minimum Gasteiger partial charge on any atom is -0.444 e. The first-order chi connectivity index (χ1) is 25.3. The molecule has 0 spiro atoms. The average molecular weight is 761 g/mol. The Bertz CT molecular complexity index is 2150. The van der Waals surface area contributed by atoms with Gasteiger partial charge < -0.3 is 24.8 Å². The number of hydrogen-bond donors (Lipinski definition) is 3. The van der Waals surface area contributed by atoms with Gasteiger partial charge in [0.1, 0.15) is 29.2 Å².